The Kier molecular flexibility index (Phi) is 5.94. The second kappa shape index (κ2) is 9.03. The Morgan fingerprint density at radius 2 is 2.03 bits per heavy atom. The topological polar surface area (TPSA) is 96.2 Å². The van der Waals surface area contributed by atoms with Gasteiger partial charge in [-0.2, -0.15) is 5.10 Å². The van der Waals surface area contributed by atoms with Crippen LogP contribution in [0.2, 0.25) is 10.0 Å². The molecule has 5 rings (SSSR count). The summed E-state index contributed by atoms with van der Waals surface area (Å²) in [6.07, 6.45) is 6.29. The van der Waals surface area contributed by atoms with Crippen LogP contribution in [0.15, 0.2) is 72.3 Å². The normalized spacial score (nSPS) is 20.2. The van der Waals surface area contributed by atoms with Crippen LogP contribution in [0.4, 0.5) is 0 Å². The summed E-state index contributed by atoms with van der Waals surface area (Å²) in [5, 5.41) is 7.07. The lowest BCUT2D eigenvalue weighted by molar-refractivity contribution is -0.189. The van der Waals surface area contributed by atoms with Crippen molar-refractivity contribution >= 4 is 23.2 Å². The van der Waals surface area contributed by atoms with E-state index in [1.54, 1.807) is 55.0 Å². The minimum atomic E-state index is -1.11. The number of nitrogens with one attached hydrogen (secondary N) is 1. The van der Waals surface area contributed by atoms with E-state index in [2.05, 4.69) is 15.2 Å². The number of aromatic nitrogens is 5. The summed E-state index contributed by atoms with van der Waals surface area (Å²) < 4.78 is 21.7. The maximum atomic E-state index is 11.7. The molecule has 0 saturated carbocycles. The number of halogens is 2. The molecule has 0 radical (unpaired) electrons. The summed E-state index contributed by atoms with van der Waals surface area (Å²) in [5.74, 6) is -0.474. The predicted octanol–water partition coefficient (Wildman–Crippen LogP) is 3.41. The van der Waals surface area contributed by atoms with Gasteiger partial charge in [0.1, 0.15) is 24.8 Å². The number of nitrogens with zero attached hydrogens (tertiary/aromatic N) is 4. The molecule has 0 spiro atoms. The summed E-state index contributed by atoms with van der Waals surface area (Å²) in [6.45, 7) is 0.942. The molecule has 2 aromatic carbocycles. The highest BCUT2D eigenvalue weighted by molar-refractivity contribution is 6.35. The third-order valence-electron chi connectivity index (χ3n) is 5.25. The van der Waals surface area contributed by atoms with Crippen molar-refractivity contribution < 1.29 is 14.2 Å². The lowest BCUT2D eigenvalue weighted by Crippen LogP contribution is -2.34. The highest BCUT2D eigenvalue weighted by atomic mass is 35.5. The summed E-state index contributed by atoms with van der Waals surface area (Å²) in [7, 11) is 0. The average Bonchev–Trinajstić information content (AvgIpc) is 3.55. The van der Waals surface area contributed by atoms with Gasteiger partial charge in [-0.15, -0.1) is 0 Å². The lowest BCUT2D eigenvalue weighted by atomic mass is 10.1. The Balaban J connectivity index is 1.30. The molecular weight excluding hydrogens is 469 g/mol. The first-order chi connectivity index (χ1) is 16.0. The van der Waals surface area contributed by atoms with Crippen molar-refractivity contribution in [1.29, 1.82) is 0 Å². The number of hydrogen-bond acceptors (Lipinski definition) is 6. The van der Waals surface area contributed by atoms with Gasteiger partial charge in [-0.1, -0.05) is 29.3 Å². The Morgan fingerprint density at radius 1 is 1.18 bits per heavy atom. The van der Waals surface area contributed by atoms with Crippen molar-refractivity contribution in [2.75, 3.05) is 13.2 Å². The average molecular weight is 488 g/mol. The van der Waals surface area contributed by atoms with E-state index in [-0.39, 0.29) is 18.4 Å². The number of hydrogen-bond donors (Lipinski definition) is 1. The Morgan fingerprint density at radius 3 is 2.73 bits per heavy atom. The predicted molar refractivity (Wildman–Crippen MR) is 121 cm³/mol. The summed E-state index contributed by atoms with van der Waals surface area (Å²) in [6, 6.07) is 12.3. The zero-order valence-corrected chi connectivity index (χ0v) is 18.7. The second-order valence-electron chi connectivity index (χ2n) is 7.50. The number of ether oxygens (including phenoxy) is 3. The van der Waals surface area contributed by atoms with Crippen LogP contribution in [-0.4, -0.2) is 43.6 Å². The number of imidazole rings is 1. The first kappa shape index (κ1) is 21.7. The van der Waals surface area contributed by atoms with Crippen LogP contribution in [-0.2, 0) is 21.8 Å². The molecule has 170 valence electrons. The van der Waals surface area contributed by atoms with E-state index in [0.717, 1.165) is 0 Å². The van der Waals surface area contributed by atoms with E-state index in [0.29, 0.717) is 40.2 Å². The molecule has 2 atom stereocenters. The van der Waals surface area contributed by atoms with Gasteiger partial charge in [-0.25, -0.2) is 19.4 Å². The highest BCUT2D eigenvalue weighted by Crippen LogP contribution is 2.40. The van der Waals surface area contributed by atoms with E-state index in [1.165, 1.54) is 10.9 Å². The minimum absolute atomic E-state index is 0.266. The second-order valence-corrected chi connectivity index (χ2v) is 8.34. The van der Waals surface area contributed by atoms with E-state index in [9.17, 15) is 4.79 Å². The Hall–Kier alpha value is -3.11. The van der Waals surface area contributed by atoms with Crippen molar-refractivity contribution in [1.82, 2.24) is 24.3 Å². The molecule has 1 N–H and O–H groups in total. The van der Waals surface area contributed by atoms with Gasteiger partial charge in [-0.05, 0) is 36.4 Å². The third-order valence-corrected chi connectivity index (χ3v) is 5.80. The van der Waals surface area contributed by atoms with Crippen LogP contribution in [0.5, 0.6) is 5.75 Å². The standard InChI is InChI=1S/C22H19Cl2N5O4/c23-15-1-6-19(20(24)9-15)22(12-28-8-7-25-13-28)32-11-18(33-22)10-31-17-4-2-16(3-5-17)29-14-26-27-21(29)30/h1-9,13-14,18H,10-12H2,(H,27,30)/t18-,22-/m1/s1. The van der Waals surface area contributed by atoms with Gasteiger partial charge < -0.3 is 18.8 Å². The zero-order valence-electron chi connectivity index (χ0n) is 17.2. The lowest BCUT2D eigenvalue weighted by Gasteiger charge is -2.30. The molecule has 1 saturated heterocycles. The van der Waals surface area contributed by atoms with Crippen LogP contribution < -0.4 is 10.4 Å². The van der Waals surface area contributed by atoms with Crippen molar-refractivity contribution in [3.63, 3.8) is 0 Å². The number of benzene rings is 2. The zero-order chi connectivity index (χ0) is 22.8. The van der Waals surface area contributed by atoms with Crippen molar-refractivity contribution in [2.24, 2.45) is 0 Å². The van der Waals surface area contributed by atoms with Gasteiger partial charge in [0, 0.05) is 23.0 Å². The molecule has 0 bridgehead atoms. The Bertz CT molecular complexity index is 1290. The van der Waals surface area contributed by atoms with Gasteiger partial charge in [0.2, 0.25) is 5.79 Å². The van der Waals surface area contributed by atoms with Gasteiger partial charge in [0.05, 0.1) is 30.2 Å². The van der Waals surface area contributed by atoms with Gasteiger partial charge >= 0.3 is 5.69 Å². The maximum Gasteiger partial charge on any atom is 0.347 e. The minimum Gasteiger partial charge on any atom is -0.491 e. The van der Waals surface area contributed by atoms with Crippen molar-refractivity contribution in [3.05, 3.63) is 93.6 Å². The quantitative estimate of drug-likeness (QED) is 0.429. The molecule has 9 nitrogen and oxygen atoms in total. The molecule has 0 amide bonds. The fraction of sp³-hybridized carbons (Fsp3) is 0.227. The third kappa shape index (κ3) is 4.53. The van der Waals surface area contributed by atoms with Crippen LogP contribution >= 0.6 is 23.2 Å². The number of rotatable bonds is 7. The smallest absolute Gasteiger partial charge is 0.347 e. The van der Waals surface area contributed by atoms with Crippen molar-refractivity contribution in [3.8, 4) is 11.4 Å². The van der Waals surface area contributed by atoms with E-state index < -0.39 is 5.79 Å². The first-order valence-corrected chi connectivity index (χ1v) is 10.9. The molecule has 2 aromatic heterocycles. The van der Waals surface area contributed by atoms with Crippen molar-refractivity contribution in [2.45, 2.75) is 18.4 Å². The van der Waals surface area contributed by atoms with Crippen LogP contribution in [0.25, 0.3) is 5.69 Å². The molecule has 11 heteroatoms. The molecule has 4 aromatic rings. The molecule has 3 heterocycles. The number of H-pyrrole nitrogens is 1. The summed E-state index contributed by atoms with van der Waals surface area (Å²) in [4.78, 5) is 15.8. The summed E-state index contributed by atoms with van der Waals surface area (Å²) >= 11 is 12.6. The molecular formula is C22H19Cl2N5O4. The van der Waals surface area contributed by atoms with Crippen LogP contribution in [0.3, 0.4) is 0 Å². The van der Waals surface area contributed by atoms with Gasteiger partial charge in [0.15, 0.2) is 0 Å². The van der Waals surface area contributed by atoms with Crippen LogP contribution in [0, 0.1) is 0 Å². The van der Waals surface area contributed by atoms with E-state index >= 15 is 0 Å². The molecule has 0 aliphatic carbocycles. The molecule has 33 heavy (non-hydrogen) atoms. The maximum absolute atomic E-state index is 11.7. The molecule has 0 unspecified atom stereocenters. The fourth-order valence-electron chi connectivity index (χ4n) is 3.70. The van der Waals surface area contributed by atoms with Gasteiger partial charge in [-0.3, -0.25) is 0 Å². The molecule has 1 aliphatic heterocycles. The first-order valence-electron chi connectivity index (χ1n) is 10.1. The van der Waals surface area contributed by atoms with E-state index in [4.69, 9.17) is 37.4 Å². The fourth-order valence-corrected chi connectivity index (χ4v) is 4.25. The Labute approximate surface area is 198 Å². The van der Waals surface area contributed by atoms with E-state index in [1.807, 2.05) is 10.8 Å². The SMILES string of the molecule is O=c1[nH]ncn1-c1ccc(OC[C@@H]2CO[C@@](Cn3ccnc3)(c3ccc(Cl)cc3Cl)O2)cc1. The molecule has 1 fully saturated rings. The van der Waals surface area contributed by atoms with Crippen LogP contribution in [0.1, 0.15) is 5.56 Å². The molecule has 1 aliphatic rings. The summed E-state index contributed by atoms with van der Waals surface area (Å²) in [5.41, 5.74) is 1.05. The highest BCUT2D eigenvalue weighted by Gasteiger charge is 2.45. The largest absolute Gasteiger partial charge is 0.491 e. The number of aromatic amines is 1. The monoisotopic (exact) mass is 487 g/mol. The van der Waals surface area contributed by atoms with Gasteiger partial charge in [0.25, 0.3) is 0 Å².